The third kappa shape index (κ3) is 13.2. The van der Waals surface area contributed by atoms with Gasteiger partial charge in [0, 0.05) is 66.3 Å². The molecule has 346 valence electrons. The Morgan fingerprint density at radius 3 is 1.87 bits per heavy atom. The van der Waals surface area contributed by atoms with Crippen LogP contribution in [0.15, 0.2) is 184 Å². The van der Waals surface area contributed by atoms with Crippen molar-refractivity contribution < 1.29 is 18.8 Å². The van der Waals surface area contributed by atoms with E-state index in [1.165, 1.54) is 24.3 Å². The Balaban J connectivity index is 0.000000170. The molecule has 4 heterocycles. The molecular weight excluding hydrogens is 1070 g/mol. The largest absolute Gasteiger partial charge is 0.488 e. The Kier molecular flexibility index (Phi) is 17.3. The quantitative estimate of drug-likeness (QED) is 0.0914. The molecule has 3 aromatic heterocycles. The van der Waals surface area contributed by atoms with E-state index in [2.05, 4.69) is 55.3 Å². The number of aromatic nitrogens is 4. The highest BCUT2D eigenvalue weighted by Crippen LogP contribution is 2.34. The summed E-state index contributed by atoms with van der Waals surface area (Å²) in [6, 6.07) is 36.4. The fourth-order valence-corrected chi connectivity index (χ4v) is 8.24. The summed E-state index contributed by atoms with van der Waals surface area (Å²) < 4.78 is 28.2. The average molecular weight is 1110 g/mol. The van der Waals surface area contributed by atoms with E-state index in [9.17, 15) is 8.78 Å². The summed E-state index contributed by atoms with van der Waals surface area (Å²) >= 11 is 25.9. The minimum Gasteiger partial charge on any atom is -0.423 e. The van der Waals surface area contributed by atoms with Crippen molar-refractivity contribution in [2.45, 2.75) is 13.5 Å². The van der Waals surface area contributed by atoms with Gasteiger partial charge in [0.15, 0.2) is 11.7 Å². The molecule has 2 aliphatic rings. The van der Waals surface area contributed by atoms with Crippen LogP contribution < -0.4 is 16.1 Å². The van der Waals surface area contributed by atoms with Crippen LogP contribution in [0.2, 0.25) is 20.1 Å². The van der Waals surface area contributed by atoms with Gasteiger partial charge in [0.05, 0.1) is 27.5 Å². The predicted octanol–water partition coefficient (Wildman–Crippen LogP) is 13.2. The van der Waals surface area contributed by atoms with Gasteiger partial charge in [-0.15, -0.1) is 0 Å². The third-order valence-electron chi connectivity index (χ3n) is 10.2. The van der Waals surface area contributed by atoms with Crippen LogP contribution in [0.4, 0.5) is 26.0 Å². The maximum absolute atomic E-state index is 13.6. The Hall–Kier alpha value is -6.11. The van der Waals surface area contributed by atoms with Crippen molar-refractivity contribution >= 4 is 121 Å². The zero-order valence-electron chi connectivity index (χ0n) is 35.1. The standard InChI is InChI=1S/C25H15Cl2FN4.C19H13ClFIN4.C6H6BClO2.CH4/c26-18-5-1-3-15(11-18)16-6-9-23-20(12-16)25(30-19-7-8-22(28)21(27)13-19)32-24(31-23)17-4-2-10-29-14-17;20-15-9-13(4-5-16(15)21)24-19-14-8-12(22)3-6-17(14)25-18(26-19)11-2-1-7-23-10-11;8-6-3-1-2-5(4-6)7(9)10;/h1-14H,(H,30,31,32);1-10,14,17H,(H,24,25,26);1-4,9-10H;1H4. The highest BCUT2D eigenvalue weighted by atomic mass is 127. The van der Waals surface area contributed by atoms with Crippen LogP contribution in [0.3, 0.4) is 0 Å². The molecule has 8 aromatic rings. The summed E-state index contributed by atoms with van der Waals surface area (Å²) in [6.07, 6.45) is 13.1. The molecule has 0 bridgehead atoms. The number of benzene rings is 5. The SMILES string of the molecule is C.Fc1ccc(NC2=NC(c3cccnc3)=NC3C=CC(I)=CC23)cc1Cl.Fc1ccc(Nc2nc(-c3cccnc3)nc3ccc(-c4cccc(Cl)c4)cc23)cc1Cl.OB(O)c1cccc(Cl)c1. The molecule has 1 aliphatic heterocycles. The number of nitrogens with zero attached hydrogens (tertiary/aromatic N) is 6. The van der Waals surface area contributed by atoms with E-state index in [0.29, 0.717) is 44.4 Å². The van der Waals surface area contributed by atoms with Crippen molar-refractivity contribution in [3.63, 3.8) is 0 Å². The number of rotatable bonds is 7. The first-order chi connectivity index (χ1) is 32.9. The lowest BCUT2D eigenvalue weighted by atomic mass is 9.81. The van der Waals surface area contributed by atoms with Gasteiger partial charge in [-0.3, -0.25) is 15.0 Å². The number of allylic oxidation sites excluding steroid dienone is 2. The molecule has 10 nitrogen and oxygen atoms in total. The molecule has 0 spiro atoms. The molecule has 69 heavy (non-hydrogen) atoms. The topological polar surface area (TPSA) is 141 Å². The molecule has 0 fully saturated rings. The van der Waals surface area contributed by atoms with Gasteiger partial charge in [0.25, 0.3) is 0 Å². The molecule has 0 amide bonds. The van der Waals surface area contributed by atoms with Crippen LogP contribution in [-0.2, 0) is 0 Å². The van der Waals surface area contributed by atoms with Gasteiger partial charge in [0.2, 0.25) is 0 Å². The molecule has 1 aliphatic carbocycles. The lowest BCUT2D eigenvalue weighted by Gasteiger charge is -2.28. The third-order valence-corrected chi connectivity index (χ3v) is 12.0. The van der Waals surface area contributed by atoms with Gasteiger partial charge in [-0.1, -0.05) is 102 Å². The van der Waals surface area contributed by atoms with E-state index in [1.54, 1.807) is 61.2 Å². The summed E-state index contributed by atoms with van der Waals surface area (Å²) in [5.74, 6) is 1.50. The van der Waals surface area contributed by atoms with E-state index in [-0.39, 0.29) is 29.4 Å². The number of hydrogen-bond donors (Lipinski definition) is 4. The Bertz CT molecular complexity index is 3240. The summed E-state index contributed by atoms with van der Waals surface area (Å²) in [5.41, 5.74) is 6.03. The van der Waals surface area contributed by atoms with Gasteiger partial charge in [0.1, 0.15) is 23.3 Å². The molecule has 4 N–H and O–H groups in total. The van der Waals surface area contributed by atoms with Crippen molar-refractivity contribution in [2.75, 3.05) is 10.6 Å². The number of halogens is 7. The Morgan fingerprint density at radius 2 is 1.26 bits per heavy atom. The van der Waals surface area contributed by atoms with Crippen molar-refractivity contribution in [1.82, 2.24) is 19.9 Å². The molecule has 0 saturated carbocycles. The van der Waals surface area contributed by atoms with Crippen molar-refractivity contribution in [3.8, 4) is 22.5 Å². The van der Waals surface area contributed by atoms with Gasteiger partial charge in [-0.25, -0.2) is 23.7 Å². The minimum atomic E-state index is -1.43. The minimum absolute atomic E-state index is 0. The lowest BCUT2D eigenvalue weighted by molar-refractivity contribution is 0.426. The van der Waals surface area contributed by atoms with Crippen LogP contribution >= 0.6 is 69.0 Å². The summed E-state index contributed by atoms with van der Waals surface area (Å²) in [7, 11) is -1.43. The number of pyridine rings is 2. The van der Waals surface area contributed by atoms with Gasteiger partial charge >= 0.3 is 7.12 Å². The fourth-order valence-electron chi connectivity index (χ4n) is 6.90. The monoisotopic (exact) mass is 1110 g/mol. The maximum Gasteiger partial charge on any atom is 0.488 e. The molecule has 5 aromatic carbocycles. The lowest BCUT2D eigenvalue weighted by Crippen LogP contribution is -2.36. The number of amidine groups is 2. The van der Waals surface area contributed by atoms with Crippen LogP contribution in [0.5, 0.6) is 0 Å². The molecular formula is C51H38BCl4F2IN8O2. The maximum atomic E-state index is 13.6. The van der Waals surface area contributed by atoms with Crippen LogP contribution in [0.25, 0.3) is 33.4 Å². The Morgan fingerprint density at radius 1 is 0.638 bits per heavy atom. The normalized spacial score (nSPS) is 14.5. The molecule has 2 atom stereocenters. The zero-order chi connectivity index (χ0) is 47.7. The number of aliphatic imine (C=N–C) groups is 2. The highest BCUT2D eigenvalue weighted by molar-refractivity contribution is 14.1. The van der Waals surface area contributed by atoms with E-state index >= 15 is 0 Å². The molecule has 0 saturated heterocycles. The Labute approximate surface area is 430 Å². The van der Waals surface area contributed by atoms with Crippen LogP contribution in [-0.4, -0.2) is 54.8 Å². The van der Waals surface area contributed by atoms with E-state index in [1.807, 2.05) is 72.8 Å². The summed E-state index contributed by atoms with van der Waals surface area (Å²) in [6.45, 7) is 0. The first-order valence-electron chi connectivity index (χ1n) is 20.5. The van der Waals surface area contributed by atoms with E-state index < -0.39 is 18.8 Å². The van der Waals surface area contributed by atoms with Gasteiger partial charge in [-0.2, -0.15) is 0 Å². The number of anilines is 3. The average Bonchev–Trinajstić information content (AvgIpc) is 3.34. The second kappa shape index (κ2) is 23.5. The van der Waals surface area contributed by atoms with Crippen LogP contribution in [0.1, 0.15) is 13.0 Å². The first-order valence-corrected chi connectivity index (χ1v) is 23.1. The van der Waals surface area contributed by atoms with Crippen molar-refractivity contribution in [1.29, 1.82) is 0 Å². The van der Waals surface area contributed by atoms with Crippen LogP contribution in [0, 0.1) is 17.6 Å². The number of fused-ring (bicyclic) bond motifs is 2. The molecule has 18 heteroatoms. The molecule has 0 radical (unpaired) electrons. The van der Waals surface area contributed by atoms with Gasteiger partial charge in [-0.05, 0) is 136 Å². The van der Waals surface area contributed by atoms with Gasteiger partial charge < -0.3 is 20.7 Å². The highest BCUT2D eigenvalue weighted by Gasteiger charge is 2.30. The first kappa shape index (κ1) is 50.8. The number of hydrogen-bond acceptors (Lipinski definition) is 10. The van der Waals surface area contributed by atoms with Crippen molar-refractivity contribution in [2.24, 2.45) is 15.9 Å². The number of nitrogens with one attached hydrogen (secondary N) is 2. The van der Waals surface area contributed by atoms with E-state index in [4.69, 9.17) is 76.4 Å². The molecule has 2 unspecified atom stereocenters. The molecule has 10 rings (SSSR count). The second-order valence-electron chi connectivity index (χ2n) is 14.9. The second-order valence-corrected chi connectivity index (χ2v) is 17.9. The fraction of sp³-hybridized carbons (Fsp3) is 0.0588. The van der Waals surface area contributed by atoms with E-state index in [0.717, 1.165) is 42.6 Å². The summed E-state index contributed by atoms with van der Waals surface area (Å²) in [5, 5.41) is 25.9. The predicted molar refractivity (Wildman–Crippen MR) is 288 cm³/mol. The zero-order valence-corrected chi connectivity index (χ0v) is 40.3. The summed E-state index contributed by atoms with van der Waals surface area (Å²) in [4.78, 5) is 27.3. The van der Waals surface area contributed by atoms with Crippen molar-refractivity contribution in [3.05, 3.63) is 211 Å². The smallest absolute Gasteiger partial charge is 0.423 e.